The zero-order valence-corrected chi connectivity index (χ0v) is 21.5. The van der Waals surface area contributed by atoms with Crippen molar-refractivity contribution in [3.63, 3.8) is 0 Å². The molecule has 2 heterocycles. The average Bonchev–Trinajstić information content (AvgIpc) is 3.30. The molecule has 0 saturated carbocycles. The van der Waals surface area contributed by atoms with E-state index in [1.807, 2.05) is 0 Å². The molecule has 0 aliphatic carbocycles. The number of hydrogen-bond donors (Lipinski definition) is 0. The number of rotatable bonds is 4. The first kappa shape index (κ1) is 22.5. The summed E-state index contributed by atoms with van der Waals surface area (Å²) in [4.78, 5) is 0. The minimum absolute atomic E-state index is 1.24. The Morgan fingerprint density at radius 2 is 1.13 bits per heavy atom. The van der Waals surface area contributed by atoms with Gasteiger partial charge in [0, 0.05) is 11.6 Å². The van der Waals surface area contributed by atoms with Crippen molar-refractivity contribution in [3.8, 4) is 0 Å². The number of pyridine rings is 1. The summed E-state index contributed by atoms with van der Waals surface area (Å²) in [6.07, 6.45) is 0.748. The normalized spacial score (nSPS) is 16.6. The lowest BCUT2D eigenvalue weighted by molar-refractivity contribution is -0.539. The topological polar surface area (TPSA) is 3.88 Å². The molecule has 6 aromatic rings. The van der Waals surface area contributed by atoms with E-state index in [1.165, 1.54) is 55.1 Å². The third kappa shape index (κ3) is 3.38. The third-order valence-electron chi connectivity index (χ3n) is 8.22. The van der Waals surface area contributed by atoms with Crippen molar-refractivity contribution in [2.75, 3.05) is 0 Å². The SMILES string of the molecule is Cc1ccc([B-]2(c3ccccc3)C(c3ccc4ccccc4c3)=C(c3ccccc3)c3cccc[n+]32)cc1. The fourth-order valence-corrected chi connectivity index (χ4v) is 6.57. The lowest BCUT2D eigenvalue weighted by Crippen LogP contribution is -2.78. The van der Waals surface area contributed by atoms with Crippen molar-refractivity contribution < 1.29 is 4.48 Å². The molecule has 0 radical (unpaired) electrons. The molecule has 0 amide bonds. The molecule has 0 spiro atoms. The lowest BCUT2D eigenvalue weighted by Gasteiger charge is -2.36. The largest absolute Gasteiger partial charge is 0.408 e. The first-order chi connectivity index (χ1) is 18.8. The quantitative estimate of drug-likeness (QED) is 0.249. The Hall–Kier alpha value is -4.69. The molecule has 1 unspecified atom stereocenters. The average molecular weight is 485 g/mol. The highest BCUT2D eigenvalue weighted by atomic mass is 14.9. The molecule has 1 nitrogen and oxygen atoms in total. The van der Waals surface area contributed by atoms with E-state index in [0.717, 1.165) is 0 Å². The van der Waals surface area contributed by atoms with Crippen LogP contribution in [0.5, 0.6) is 0 Å². The maximum absolute atomic E-state index is 2.55. The summed E-state index contributed by atoms with van der Waals surface area (Å²) in [6, 6.07) is 53.4. The summed E-state index contributed by atoms with van der Waals surface area (Å²) in [7, 11) is 0. The minimum atomic E-state index is -1.53. The summed E-state index contributed by atoms with van der Waals surface area (Å²) in [5.41, 5.74) is 10.3. The van der Waals surface area contributed by atoms with Crippen LogP contribution in [0.25, 0.3) is 21.8 Å². The molecule has 2 heteroatoms. The Balaban J connectivity index is 1.69. The molecule has 180 valence electrons. The molecule has 0 bridgehead atoms. The van der Waals surface area contributed by atoms with Gasteiger partial charge in [-0.1, -0.05) is 139 Å². The summed E-state index contributed by atoms with van der Waals surface area (Å²) < 4.78 is 2.55. The first-order valence-corrected chi connectivity index (χ1v) is 13.4. The van der Waals surface area contributed by atoms with Crippen LogP contribution < -0.4 is 15.4 Å². The van der Waals surface area contributed by atoms with Crippen molar-refractivity contribution in [2.24, 2.45) is 0 Å². The van der Waals surface area contributed by atoms with Gasteiger partial charge >= 0.3 is 6.28 Å². The van der Waals surface area contributed by atoms with Gasteiger partial charge < -0.3 is 4.48 Å². The zero-order valence-electron chi connectivity index (χ0n) is 21.5. The second-order valence-corrected chi connectivity index (χ2v) is 10.4. The Morgan fingerprint density at radius 3 is 1.89 bits per heavy atom. The standard InChI is InChI=1S/C36H28BN/c1-27-19-23-33(24-20-27)37(32-16-6-3-7-17-32)36(31-22-21-28-12-8-9-15-30(28)26-31)35(29-13-4-2-5-14-29)34-18-10-11-25-38(34)37/h2-26H,1H3. The highest BCUT2D eigenvalue weighted by Crippen LogP contribution is 2.41. The van der Waals surface area contributed by atoms with E-state index in [0.29, 0.717) is 0 Å². The van der Waals surface area contributed by atoms with Crippen LogP contribution in [0.1, 0.15) is 22.4 Å². The molecule has 1 aliphatic rings. The molecule has 38 heavy (non-hydrogen) atoms. The molecule has 1 aromatic heterocycles. The van der Waals surface area contributed by atoms with E-state index in [4.69, 9.17) is 0 Å². The van der Waals surface area contributed by atoms with E-state index in [2.05, 4.69) is 163 Å². The van der Waals surface area contributed by atoms with Crippen molar-refractivity contribution >= 4 is 39.0 Å². The predicted octanol–water partition coefficient (Wildman–Crippen LogP) is 6.56. The molecular weight excluding hydrogens is 457 g/mol. The Morgan fingerprint density at radius 1 is 0.500 bits per heavy atom. The van der Waals surface area contributed by atoms with Gasteiger partial charge in [0.2, 0.25) is 0 Å². The smallest absolute Gasteiger partial charge is 0.361 e. The van der Waals surface area contributed by atoms with Gasteiger partial charge in [0.15, 0.2) is 5.69 Å². The second kappa shape index (κ2) is 9.01. The van der Waals surface area contributed by atoms with Crippen molar-refractivity contribution in [3.05, 3.63) is 174 Å². The molecule has 7 rings (SSSR count). The maximum atomic E-state index is 2.55. The molecule has 1 aliphatic heterocycles. The number of fused-ring (bicyclic) bond motifs is 2. The van der Waals surface area contributed by atoms with Crippen LogP contribution in [0.3, 0.4) is 0 Å². The van der Waals surface area contributed by atoms with Gasteiger partial charge in [-0.15, -0.1) is 16.4 Å². The number of aryl methyl sites for hydroxylation is 1. The molecule has 0 saturated heterocycles. The van der Waals surface area contributed by atoms with Gasteiger partial charge in [0.25, 0.3) is 0 Å². The van der Waals surface area contributed by atoms with E-state index >= 15 is 0 Å². The Labute approximate surface area is 224 Å². The van der Waals surface area contributed by atoms with Gasteiger partial charge in [0.05, 0.1) is 0 Å². The molecule has 0 fully saturated rings. The van der Waals surface area contributed by atoms with Crippen molar-refractivity contribution in [1.82, 2.24) is 0 Å². The molecule has 1 atom stereocenters. The van der Waals surface area contributed by atoms with Crippen LogP contribution in [-0.4, -0.2) is 6.28 Å². The fraction of sp³-hybridized carbons (Fsp3) is 0.0278. The zero-order chi connectivity index (χ0) is 25.5. The lowest BCUT2D eigenvalue weighted by atomic mass is 9.23. The summed E-state index contributed by atoms with van der Waals surface area (Å²) in [6.45, 7) is 2.16. The van der Waals surface area contributed by atoms with E-state index in [9.17, 15) is 0 Å². The molecule has 0 N–H and O–H groups in total. The summed E-state index contributed by atoms with van der Waals surface area (Å²) >= 11 is 0. The van der Waals surface area contributed by atoms with Crippen LogP contribution in [0, 0.1) is 6.92 Å². The summed E-state index contributed by atoms with van der Waals surface area (Å²) in [5.74, 6) is 0. The van der Waals surface area contributed by atoms with Crippen LogP contribution in [0.15, 0.2) is 152 Å². The van der Waals surface area contributed by atoms with E-state index in [1.54, 1.807) is 0 Å². The van der Waals surface area contributed by atoms with Crippen LogP contribution >= 0.6 is 0 Å². The van der Waals surface area contributed by atoms with Crippen molar-refractivity contribution in [2.45, 2.75) is 6.92 Å². The highest BCUT2D eigenvalue weighted by Gasteiger charge is 2.51. The number of hydrogen-bond acceptors (Lipinski definition) is 0. The van der Waals surface area contributed by atoms with E-state index in [-0.39, 0.29) is 0 Å². The van der Waals surface area contributed by atoms with Gasteiger partial charge in [-0.2, -0.15) is 0 Å². The third-order valence-corrected chi connectivity index (χ3v) is 8.22. The monoisotopic (exact) mass is 485 g/mol. The van der Waals surface area contributed by atoms with E-state index < -0.39 is 6.28 Å². The second-order valence-electron chi connectivity index (χ2n) is 10.4. The van der Waals surface area contributed by atoms with Gasteiger partial charge in [-0.25, -0.2) is 0 Å². The highest BCUT2D eigenvalue weighted by molar-refractivity contribution is 7.11. The first-order valence-electron chi connectivity index (χ1n) is 13.4. The Kier molecular flexibility index (Phi) is 5.33. The fourth-order valence-electron chi connectivity index (χ4n) is 6.57. The van der Waals surface area contributed by atoms with Gasteiger partial charge in [-0.3, -0.25) is 0 Å². The minimum Gasteiger partial charge on any atom is -0.408 e. The Bertz CT molecular complexity index is 1800. The van der Waals surface area contributed by atoms with Crippen LogP contribution in [0.2, 0.25) is 0 Å². The van der Waals surface area contributed by atoms with Crippen molar-refractivity contribution in [1.29, 1.82) is 0 Å². The number of aromatic nitrogens is 1. The van der Waals surface area contributed by atoms with Crippen LogP contribution in [-0.2, 0) is 0 Å². The predicted molar refractivity (Wildman–Crippen MR) is 161 cm³/mol. The molecular formula is C36H28BN. The van der Waals surface area contributed by atoms with Gasteiger partial charge in [0.1, 0.15) is 6.20 Å². The number of benzene rings is 5. The maximum Gasteiger partial charge on any atom is 0.361 e. The van der Waals surface area contributed by atoms with Crippen LogP contribution in [0.4, 0.5) is 0 Å². The number of nitrogens with zero attached hydrogens (tertiary/aromatic N) is 1. The summed E-state index contributed by atoms with van der Waals surface area (Å²) in [5, 5.41) is 2.52. The van der Waals surface area contributed by atoms with Gasteiger partial charge in [-0.05, 0) is 35.4 Å². The molecule has 5 aromatic carbocycles.